The topological polar surface area (TPSA) is 96.7 Å². The maximum Gasteiger partial charge on any atom is 0.306 e. The SMILES string of the molecule is COc1cc(-n2cnc3cc(-c4ccc(Cl)cc4)sc3c2=O)ccc1OCC(C)OC(=O)CCCC(C)=O. The molecule has 2 aromatic heterocycles. The van der Waals surface area contributed by atoms with Gasteiger partial charge < -0.3 is 19.0 Å². The van der Waals surface area contributed by atoms with Crippen LogP contribution >= 0.6 is 22.9 Å². The number of fused-ring (bicyclic) bond motifs is 1. The molecule has 4 rings (SSSR count). The highest BCUT2D eigenvalue weighted by atomic mass is 35.5. The lowest BCUT2D eigenvalue weighted by atomic mass is 10.2. The van der Waals surface area contributed by atoms with Crippen molar-refractivity contribution < 1.29 is 23.8 Å². The molecule has 0 amide bonds. The molecule has 2 aromatic carbocycles. The average molecular weight is 555 g/mol. The fourth-order valence-corrected chi connectivity index (χ4v) is 4.96. The van der Waals surface area contributed by atoms with Crippen LogP contribution in [0.3, 0.4) is 0 Å². The monoisotopic (exact) mass is 554 g/mol. The Morgan fingerprint density at radius 1 is 1.08 bits per heavy atom. The van der Waals surface area contributed by atoms with E-state index in [9.17, 15) is 14.4 Å². The predicted octanol–water partition coefficient (Wildman–Crippen LogP) is 5.85. The van der Waals surface area contributed by atoms with Crippen molar-refractivity contribution in [3.63, 3.8) is 0 Å². The van der Waals surface area contributed by atoms with Crippen molar-refractivity contribution in [2.24, 2.45) is 0 Å². The molecule has 38 heavy (non-hydrogen) atoms. The van der Waals surface area contributed by atoms with E-state index in [1.165, 1.54) is 36.3 Å². The van der Waals surface area contributed by atoms with Crippen LogP contribution in [-0.2, 0) is 14.3 Å². The molecule has 8 nitrogen and oxygen atoms in total. The van der Waals surface area contributed by atoms with E-state index in [1.807, 2.05) is 30.3 Å². The Kier molecular flexibility index (Phi) is 8.81. The van der Waals surface area contributed by atoms with E-state index in [0.29, 0.717) is 45.3 Å². The molecule has 1 atom stereocenters. The molecule has 1 unspecified atom stereocenters. The van der Waals surface area contributed by atoms with Crippen LogP contribution in [0.1, 0.15) is 33.1 Å². The van der Waals surface area contributed by atoms with Gasteiger partial charge in [-0.15, -0.1) is 11.3 Å². The first-order valence-corrected chi connectivity index (χ1v) is 13.2. The number of esters is 1. The van der Waals surface area contributed by atoms with Gasteiger partial charge in [-0.1, -0.05) is 23.7 Å². The Morgan fingerprint density at radius 2 is 1.84 bits per heavy atom. The number of carbonyl (C=O) groups excluding carboxylic acids is 2. The summed E-state index contributed by atoms with van der Waals surface area (Å²) in [4.78, 5) is 41.7. The van der Waals surface area contributed by atoms with Crippen LogP contribution in [-0.4, -0.2) is 41.1 Å². The fraction of sp³-hybridized carbons (Fsp3) is 0.286. The second-order valence-electron chi connectivity index (χ2n) is 8.75. The standard InChI is InChI=1S/C28H27ClN2O6S/c1-17(32)5-4-6-26(33)37-18(2)15-36-23-12-11-21(13-24(23)35-3)31-16-30-22-14-25(38-27(22)28(31)34)19-7-9-20(29)10-8-19/h7-14,16,18H,4-6,15H2,1-3H3. The summed E-state index contributed by atoms with van der Waals surface area (Å²) in [6, 6.07) is 14.4. The van der Waals surface area contributed by atoms with Crippen LogP contribution in [0.2, 0.25) is 5.02 Å². The summed E-state index contributed by atoms with van der Waals surface area (Å²) in [5.41, 5.74) is 1.96. The van der Waals surface area contributed by atoms with Crippen molar-refractivity contribution in [3.05, 3.63) is 70.2 Å². The third kappa shape index (κ3) is 6.59. The van der Waals surface area contributed by atoms with E-state index in [-0.39, 0.29) is 30.3 Å². The zero-order chi connectivity index (χ0) is 27.2. The van der Waals surface area contributed by atoms with Crippen LogP contribution < -0.4 is 15.0 Å². The highest BCUT2D eigenvalue weighted by Crippen LogP contribution is 2.33. The zero-order valence-corrected chi connectivity index (χ0v) is 22.8. The maximum absolute atomic E-state index is 13.3. The first-order valence-electron chi connectivity index (χ1n) is 12.0. The number of benzene rings is 2. The molecule has 4 aromatic rings. The molecule has 0 saturated carbocycles. The van der Waals surface area contributed by atoms with Gasteiger partial charge in [-0.05, 0) is 56.2 Å². The molecule has 0 bridgehead atoms. The molecular formula is C28H27ClN2O6S. The lowest BCUT2D eigenvalue weighted by Gasteiger charge is -2.17. The van der Waals surface area contributed by atoms with Gasteiger partial charge in [-0.25, -0.2) is 4.98 Å². The minimum absolute atomic E-state index is 0.0424. The Bertz CT molecular complexity index is 1510. The highest BCUT2D eigenvalue weighted by molar-refractivity contribution is 7.22. The quantitative estimate of drug-likeness (QED) is 0.215. The first kappa shape index (κ1) is 27.3. The molecule has 0 radical (unpaired) electrons. The number of aromatic nitrogens is 2. The van der Waals surface area contributed by atoms with Gasteiger partial charge in [0.25, 0.3) is 5.56 Å². The van der Waals surface area contributed by atoms with E-state index < -0.39 is 6.10 Å². The summed E-state index contributed by atoms with van der Waals surface area (Å²) in [6.07, 6.45) is 2.00. The molecule has 0 fully saturated rings. The Balaban J connectivity index is 1.48. The van der Waals surface area contributed by atoms with Gasteiger partial charge in [0.05, 0.1) is 18.3 Å². The van der Waals surface area contributed by atoms with Crippen LogP contribution in [0, 0.1) is 0 Å². The van der Waals surface area contributed by atoms with Crippen molar-refractivity contribution in [1.82, 2.24) is 9.55 Å². The number of ether oxygens (including phenoxy) is 3. The number of Topliss-reactive ketones (excluding diaryl/α,β-unsaturated/α-hetero) is 1. The normalized spacial score (nSPS) is 11.8. The number of carbonyl (C=O) groups is 2. The Labute approximate surface area is 228 Å². The third-order valence-corrected chi connectivity index (χ3v) is 7.12. The van der Waals surface area contributed by atoms with E-state index >= 15 is 0 Å². The van der Waals surface area contributed by atoms with E-state index in [1.54, 1.807) is 25.1 Å². The Morgan fingerprint density at radius 3 is 2.55 bits per heavy atom. The number of ketones is 1. The molecule has 198 valence electrons. The van der Waals surface area contributed by atoms with Crippen molar-refractivity contribution in [1.29, 1.82) is 0 Å². The smallest absolute Gasteiger partial charge is 0.306 e. The van der Waals surface area contributed by atoms with Gasteiger partial charge in [-0.2, -0.15) is 0 Å². The van der Waals surface area contributed by atoms with Gasteiger partial charge in [-0.3, -0.25) is 14.2 Å². The molecule has 0 N–H and O–H groups in total. The molecule has 10 heteroatoms. The molecule has 0 aliphatic heterocycles. The Hall–Kier alpha value is -3.69. The van der Waals surface area contributed by atoms with E-state index in [2.05, 4.69) is 4.98 Å². The van der Waals surface area contributed by atoms with Crippen molar-refractivity contribution in [3.8, 4) is 27.6 Å². The largest absolute Gasteiger partial charge is 0.493 e. The summed E-state index contributed by atoms with van der Waals surface area (Å²) in [7, 11) is 1.51. The number of nitrogens with zero attached hydrogens (tertiary/aromatic N) is 2. The van der Waals surface area contributed by atoms with Gasteiger partial charge in [0.1, 0.15) is 29.5 Å². The van der Waals surface area contributed by atoms with Gasteiger partial charge >= 0.3 is 5.97 Å². The molecular weight excluding hydrogens is 528 g/mol. The summed E-state index contributed by atoms with van der Waals surface area (Å²) in [6.45, 7) is 3.33. The summed E-state index contributed by atoms with van der Waals surface area (Å²) in [5.74, 6) is 0.530. The van der Waals surface area contributed by atoms with E-state index in [0.717, 1.165) is 10.4 Å². The van der Waals surface area contributed by atoms with Crippen LogP contribution in [0.5, 0.6) is 11.5 Å². The first-order chi connectivity index (χ1) is 18.2. The summed E-state index contributed by atoms with van der Waals surface area (Å²) in [5, 5.41) is 0.647. The minimum Gasteiger partial charge on any atom is -0.493 e. The number of methoxy groups -OCH3 is 1. The number of rotatable bonds is 11. The molecule has 0 spiro atoms. The second kappa shape index (κ2) is 12.2. The van der Waals surface area contributed by atoms with E-state index in [4.69, 9.17) is 25.8 Å². The zero-order valence-electron chi connectivity index (χ0n) is 21.2. The molecule has 0 saturated heterocycles. The fourth-order valence-electron chi connectivity index (χ4n) is 3.78. The van der Waals surface area contributed by atoms with Gasteiger partial charge in [0, 0.05) is 28.8 Å². The number of hydrogen-bond donors (Lipinski definition) is 0. The van der Waals surface area contributed by atoms with Crippen LogP contribution in [0.4, 0.5) is 0 Å². The minimum atomic E-state index is -0.493. The number of thiophene rings is 1. The summed E-state index contributed by atoms with van der Waals surface area (Å²) < 4.78 is 18.6. The summed E-state index contributed by atoms with van der Waals surface area (Å²) >= 11 is 7.37. The maximum atomic E-state index is 13.3. The van der Waals surface area contributed by atoms with Crippen molar-refractivity contribution >= 4 is 44.9 Å². The third-order valence-electron chi connectivity index (χ3n) is 5.71. The molecule has 0 aliphatic rings. The number of halogens is 1. The van der Waals surface area contributed by atoms with Gasteiger partial charge in [0.2, 0.25) is 0 Å². The lowest BCUT2D eigenvalue weighted by molar-refractivity contribution is -0.149. The molecule has 0 aliphatic carbocycles. The lowest BCUT2D eigenvalue weighted by Crippen LogP contribution is -2.22. The van der Waals surface area contributed by atoms with Crippen molar-refractivity contribution in [2.75, 3.05) is 13.7 Å². The van der Waals surface area contributed by atoms with Crippen LogP contribution in [0.15, 0.2) is 59.7 Å². The highest BCUT2D eigenvalue weighted by Gasteiger charge is 2.15. The van der Waals surface area contributed by atoms with Gasteiger partial charge in [0.15, 0.2) is 11.5 Å². The average Bonchev–Trinajstić information content (AvgIpc) is 3.33. The second-order valence-corrected chi connectivity index (χ2v) is 10.2. The van der Waals surface area contributed by atoms with Crippen molar-refractivity contribution in [2.45, 2.75) is 39.2 Å². The predicted molar refractivity (Wildman–Crippen MR) is 148 cm³/mol. The van der Waals surface area contributed by atoms with Crippen LogP contribution in [0.25, 0.3) is 26.3 Å². The number of hydrogen-bond acceptors (Lipinski definition) is 8. The molecule has 2 heterocycles.